The van der Waals surface area contributed by atoms with Crippen molar-refractivity contribution in [3.05, 3.63) is 57.6 Å². The molecule has 2 heterocycles. The molecule has 8 heteroatoms. The highest BCUT2D eigenvalue weighted by atomic mass is 32.1. The van der Waals surface area contributed by atoms with Gasteiger partial charge in [0, 0.05) is 16.0 Å². The molecule has 3 aromatic rings. The molecule has 1 aromatic carbocycles. The molecule has 1 atom stereocenters. The summed E-state index contributed by atoms with van der Waals surface area (Å²) in [6.07, 6.45) is 4.44. The number of hydrogen-bond acceptors (Lipinski definition) is 6. The van der Waals surface area contributed by atoms with Crippen molar-refractivity contribution in [3.63, 3.8) is 0 Å². The first-order chi connectivity index (χ1) is 13.1. The lowest BCUT2D eigenvalue weighted by Crippen LogP contribution is -2.41. The van der Waals surface area contributed by atoms with E-state index in [2.05, 4.69) is 28.0 Å². The molecule has 0 saturated heterocycles. The first-order valence-electron chi connectivity index (χ1n) is 8.69. The summed E-state index contributed by atoms with van der Waals surface area (Å²) in [5, 5.41) is 7.43. The molecule has 0 spiro atoms. The molecule has 4 rings (SSSR count). The van der Waals surface area contributed by atoms with Gasteiger partial charge in [-0.3, -0.25) is 20.4 Å². The fourth-order valence-electron chi connectivity index (χ4n) is 3.13. The van der Waals surface area contributed by atoms with Crippen LogP contribution in [0.3, 0.4) is 0 Å². The van der Waals surface area contributed by atoms with Crippen LogP contribution in [0.25, 0.3) is 11.5 Å². The minimum atomic E-state index is -0.393. The molecule has 0 unspecified atom stereocenters. The van der Waals surface area contributed by atoms with Crippen LogP contribution >= 0.6 is 11.3 Å². The predicted octanol–water partition coefficient (Wildman–Crippen LogP) is 3.00. The highest BCUT2D eigenvalue weighted by Gasteiger charge is 2.21. The molecule has 2 aromatic heterocycles. The van der Waals surface area contributed by atoms with Crippen LogP contribution < -0.4 is 10.9 Å². The third kappa shape index (κ3) is 3.75. The van der Waals surface area contributed by atoms with Crippen molar-refractivity contribution in [1.82, 2.24) is 21.0 Å². The van der Waals surface area contributed by atoms with Crippen molar-refractivity contribution >= 4 is 23.2 Å². The molecular formula is C19H18N4O3S. The average molecular weight is 382 g/mol. The first kappa shape index (κ1) is 17.4. The Hall–Kier alpha value is -3.00. The Balaban J connectivity index is 1.37. The van der Waals surface area contributed by atoms with Gasteiger partial charge < -0.3 is 4.42 Å². The quantitative estimate of drug-likeness (QED) is 0.679. The lowest BCUT2D eigenvalue weighted by Gasteiger charge is -2.16. The van der Waals surface area contributed by atoms with Crippen LogP contribution in [-0.2, 0) is 12.8 Å². The Morgan fingerprint density at radius 2 is 1.96 bits per heavy atom. The molecule has 2 amide bonds. The Labute approximate surface area is 159 Å². The first-order valence-corrected chi connectivity index (χ1v) is 9.50. The summed E-state index contributed by atoms with van der Waals surface area (Å²) in [6, 6.07) is 8.62. The summed E-state index contributed by atoms with van der Waals surface area (Å²) < 4.78 is 5.11. The van der Waals surface area contributed by atoms with Crippen LogP contribution in [0.15, 0.2) is 41.1 Å². The second kappa shape index (κ2) is 7.32. The van der Waals surface area contributed by atoms with Crippen molar-refractivity contribution in [1.29, 1.82) is 0 Å². The second-order valence-electron chi connectivity index (χ2n) is 6.64. The number of nitrogens with one attached hydrogen (secondary N) is 2. The minimum absolute atomic E-state index is 0.294. The molecule has 1 aliphatic carbocycles. The lowest BCUT2D eigenvalue weighted by molar-refractivity contribution is 0.0849. The number of fused-ring (bicyclic) bond motifs is 1. The Morgan fingerprint density at radius 3 is 2.70 bits per heavy atom. The lowest BCUT2D eigenvalue weighted by atomic mass is 9.90. The molecule has 7 nitrogen and oxygen atoms in total. The normalized spacial score (nSPS) is 15.8. The highest BCUT2D eigenvalue weighted by molar-refractivity contribution is 7.14. The fraction of sp³-hybridized carbons (Fsp3) is 0.263. The third-order valence-corrected chi connectivity index (χ3v) is 5.83. The molecule has 0 saturated carbocycles. The van der Waals surface area contributed by atoms with Crippen LogP contribution in [0.5, 0.6) is 0 Å². The van der Waals surface area contributed by atoms with E-state index in [1.54, 1.807) is 24.3 Å². The Morgan fingerprint density at radius 1 is 1.19 bits per heavy atom. The molecule has 1 aliphatic rings. The number of amides is 2. The SMILES string of the molecule is C[C@@H]1CCc2sc(C(=O)NNC(=O)c3ccc(-c4nnco4)cc3)cc2C1. The van der Waals surface area contributed by atoms with Crippen LogP contribution in [-0.4, -0.2) is 22.0 Å². The molecule has 0 bridgehead atoms. The number of aromatic nitrogens is 2. The minimum Gasteiger partial charge on any atom is -0.423 e. The summed E-state index contributed by atoms with van der Waals surface area (Å²) in [5.41, 5.74) is 7.33. The van der Waals surface area contributed by atoms with Gasteiger partial charge in [-0.15, -0.1) is 21.5 Å². The van der Waals surface area contributed by atoms with Crippen molar-refractivity contribution in [2.24, 2.45) is 5.92 Å². The molecular weight excluding hydrogens is 364 g/mol. The van der Waals surface area contributed by atoms with Gasteiger partial charge in [0.2, 0.25) is 12.3 Å². The van der Waals surface area contributed by atoms with Gasteiger partial charge in [-0.2, -0.15) is 0 Å². The Kier molecular flexibility index (Phi) is 4.72. The number of hydrogen-bond donors (Lipinski definition) is 2. The van der Waals surface area contributed by atoms with Crippen molar-refractivity contribution in [3.8, 4) is 11.5 Å². The number of nitrogens with zero attached hydrogens (tertiary/aromatic N) is 2. The number of aryl methyl sites for hydroxylation is 1. The second-order valence-corrected chi connectivity index (χ2v) is 7.77. The van der Waals surface area contributed by atoms with Gasteiger partial charge in [-0.25, -0.2) is 0 Å². The zero-order valence-electron chi connectivity index (χ0n) is 14.7. The smallest absolute Gasteiger partial charge is 0.279 e. The van der Waals surface area contributed by atoms with Crippen LogP contribution in [0.1, 0.15) is 43.8 Å². The topological polar surface area (TPSA) is 97.1 Å². The molecule has 27 heavy (non-hydrogen) atoms. The van der Waals surface area contributed by atoms with Gasteiger partial charge in [0.1, 0.15) is 0 Å². The van der Waals surface area contributed by atoms with Crippen molar-refractivity contribution in [2.75, 3.05) is 0 Å². The van der Waals surface area contributed by atoms with E-state index in [1.807, 2.05) is 6.07 Å². The largest absolute Gasteiger partial charge is 0.423 e. The van der Waals surface area contributed by atoms with Gasteiger partial charge in [-0.05, 0) is 61.1 Å². The van der Waals surface area contributed by atoms with E-state index in [-0.39, 0.29) is 5.91 Å². The summed E-state index contributed by atoms with van der Waals surface area (Å²) in [5.74, 6) is 0.345. The average Bonchev–Trinajstić information content (AvgIpc) is 3.35. The Bertz CT molecular complexity index is 964. The van der Waals surface area contributed by atoms with E-state index in [1.165, 1.54) is 28.2 Å². The van der Waals surface area contributed by atoms with Crippen LogP contribution in [0.2, 0.25) is 0 Å². The van der Waals surface area contributed by atoms with Crippen LogP contribution in [0, 0.1) is 5.92 Å². The van der Waals surface area contributed by atoms with E-state index < -0.39 is 5.91 Å². The molecule has 138 valence electrons. The maximum Gasteiger partial charge on any atom is 0.279 e. The standard InChI is InChI=1S/C19H18N4O3S/c1-11-2-7-15-14(8-11)9-16(27-15)18(25)22-21-17(24)12-3-5-13(6-4-12)19-23-20-10-26-19/h3-6,9-11H,2,7-8H2,1H3,(H,21,24)(H,22,25)/t11-/m1/s1. The molecule has 2 N–H and O–H groups in total. The number of carbonyl (C=O) groups excluding carboxylic acids is 2. The third-order valence-electron chi connectivity index (χ3n) is 4.60. The predicted molar refractivity (Wildman–Crippen MR) is 100 cm³/mol. The van der Waals surface area contributed by atoms with E-state index in [9.17, 15) is 9.59 Å². The van der Waals surface area contributed by atoms with E-state index in [0.717, 1.165) is 19.3 Å². The van der Waals surface area contributed by atoms with Gasteiger partial charge in [0.25, 0.3) is 11.8 Å². The zero-order valence-corrected chi connectivity index (χ0v) is 15.5. The summed E-state index contributed by atoms with van der Waals surface area (Å²) in [6.45, 7) is 2.23. The zero-order chi connectivity index (χ0) is 18.8. The van der Waals surface area contributed by atoms with Gasteiger partial charge in [0.15, 0.2) is 0 Å². The number of benzene rings is 1. The van der Waals surface area contributed by atoms with Crippen molar-refractivity contribution in [2.45, 2.75) is 26.2 Å². The van der Waals surface area contributed by atoms with Crippen LogP contribution in [0.4, 0.5) is 0 Å². The van der Waals surface area contributed by atoms with Gasteiger partial charge in [0.05, 0.1) is 4.88 Å². The fourth-order valence-corrected chi connectivity index (χ4v) is 4.23. The van der Waals surface area contributed by atoms with Gasteiger partial charge >= 0.3 is 0 Å². The highest BCUT2D eigenvalue weighted by Crippen LogP contribution is 2.32. The van der Waals surface area contributed by atoms with E-state index >= 15 is 0 Å². The van der Waals surface area contributed by atoms with Crippen molar-refractivity contribution < 1.29 is 14.0 Å². The molecule has 0 aliphatic heterocycles. The monoisotopic (exact) mass is 382 g/mol. The van der Waals surface area contributed by atoms with Gasteiger partial charge in [-0.1, -0.05) is 6.92 Å². The summed E-state index contributed by atoms with van der Waals surface area (Å²) >= 11 is 1.51. The summed E-state index contributed by atoms with van der Waals surface area (Å²) in [7, 11) is 0. The summed E-state index contributed by atoms with van der Waals surface area (Å²) in [4.78, 5) is 26.5. The molecule has 0 radical (unpaired) electrons. The number of hydrazine groups is 1. The molecule has 0 fully saturated rings. The number of carbonyl (C=O) groups is 2. The maximum absolute atomic E-state index is 12.3. The number of thiophene rings is 1. The number of rotatable bonds is 3. The van der Waals surface area contributed by atoms with E-state index in [0.29, 0.717) is 27.8 Å². The maximum atomic E-state index is 12.3. The van der Waals surface area contributed by atoms with E-state index in [4.69, 9.17) is 4.42 Å².